The summed E-state index contributed by atoms with van der Waals surface area (Å²) < 4.78 is 14.2. The quantitative estimate of drug-likeness (QED) is 0.615. The highest BCUT2D eigenvalue weighted by molar-refractivity contribution is 9.10. The molecule has 0 aliphatic rings. The van der Waals surface area contributed by atoms with Crippen molar-refractivity contribution in [3.63, 3.8) is 0 Å². The number of para-hydroxylation sites is 1. The predicted molar refractivity (Wildman–Crippen MR) is 84.8 cm³/mol. The molecule has 0 saturated carbocycles. The van der Waals surface area contributed by atoms with Gasteiger partial charge in [-0.3, -0.25) is 4.79 Å². The molecule has 0 aliphatic carbocycles. The number of fused-ring (bicyclic) bond motifs is 1. The van der Waals surface area contributed by atoms with Crippen molar-refractivity contribution < 1.29 is 9.18 Å². The number of hydrogen-bond donors (Lipinski definition) is 3. The van der Waals surface area contributed by atoms with Gasteiger partial charge in [0, 0.05) is 27.3 Å². The zero-order valence-electron chi connectivity index (χ0n) is 10.8. The van der Waals surface area contributed by atoms with Crippen LogP contribution in [0.2, 0.25) is 0 Å². The minimum Gasteiger partial charge on any atom is -0.399 e. The third-order valence-corrected chi connectivity index (χ3v) is 3.81. The van der Waals surface area contributed by atoms with Gasteiger partial charge in [0.25, 0.3) is 5.91 Å². The van der Waals surface area contributed by atoms with E-state index in [2.05, 4.69) is 26.2 Å². The van der Waals surface area contributed by atoms with Gasteiger partial charge in [-0.05, 0) is 46.3 Å². The van der Waals surface area contributed by atoms with Crippen LogP contribution in [-0.2, 0) is 0 Å². The lowest BCUT2D eigenvalue weighted by Crippen LogP contribution is -2.13. The lowest BCUT2D eigenvalue weighted by Gasteiger charge is -2.08. The number of aromatic nitrogens is 1. The Bertz CT molecular complexity index is 824. The number of amides is 1. The van der Waals surface area contributed by atoms with E-state index in [1.54, 1.807) is 36.5 Å². The van der Waals surface area contributed by atoms with Gasteiger partial charge in [0.15, 0.2) is 0 Å². The lowest BCUT2D eigenvalue weighted by atomic mass is 10.1. The molecule has 21 heavy (non-hydrogen) atoms. The maximum Gasteiger partial charge on any atom is 0.257 e. The van der Waals surface area contributed by atoms with Crippen molar-refractivity contribution >= 4 is 44.1 Å². The zero-order valence-corrected chi connectivity index (χ0v) is 12.4. The first-order valence-corrected chi connectivity index (χ1v) is 6.97. The van der Waals surface area contributed by atoms with Crippen molar-refractivity contribution in [2.45, 2.75) is 0 Å². The molecule has 0 unspecified atom stereocenters. The summed E-state index contributed by atoms with van der Waals surface area (Å²) in [6, 6.07) is 9.74. The Hall–Kier alpha value is -2.34. The van der Waals surface area contributed by atoms with Crippen molar-refractivity contribution in [1.82, 2.24) is 4.98 Å². The van der Waals surface area contributed by atoms with Crippen LogP contribution in [0.15, 0.2) is 47.1 Å². The normalized spacial score (nSPS) is 10.8. The Morgan fingerprint density at radius 1 is 1.29 bits per heavy atom. The third kappa shape index (κ3) is 2.50. The molecule has 4 N–H and O–H groups in total. The number of rotatable bonds is 2. The second-order valence-corrected chi connectivity index (χ2v) is 5.41. The smallest absolute Gasteiger partial charge is 0.257 e. The molecule has 6 heteroatoms. The fourth-order valence-electron chi connectivity index (χ4n) is 2.12. The van der Waals surface area contributed by atoms with Gasteiger partial charge < -0.3 is 16.0 Å². The monoisotopic (exact) mass is 347 g/mol. The van der Waals surface area contributed by atoms with E-state index in [4.69, 9.17) is 5.73 Å². The molecule has 1 heterocycles. The molecule has 0 bridgehead atoms. The summed E-state index contributed by atoms with van der Waals surface area (Å²) in [7, 11) is 0. The summed E-state index contributed by atoms with van der Waals surface area (Å²) in [6.07, 6.45) is 1.58. The topological polar surface area (TPSA) is 70.9 Å². The fourth-order valence-corrected chi connectivity index (χ4v) is 2.57. The van der Waals surface area contributed by atoms with Crippen LogP contribution in [-0.4, -0.2) is 10.9 Å². The van der Waals surface area contributed by atoms with Gasteiger partial charge in [-0.1, -0.05) is 6.07 Å². The molecule has 0 spiro atoms. The molecule has 3 rings (SSSR count). The van der Waals surface area contributed by atoms with Crippen LogP contribution in [0, 0.1) is 5.82 Å². The maximum atomic E-state index is 13.8. The van der Waals surface area contributed by atoms with Crippen molar-refractivity contribution in [3.05, 3.63) is 58.4 Å². The van der Waals surface area contributed by atoms with Crippen LogP contribution in [0.4, 0.5) is 15.8 Å². The summed E-state index contributed by atoms with van der Waals surface area (Å²) in [4.78, 5) is 15.3. The molecule has 2 aromatic carbocycles. The van der Waals surface area contributed by atoms with E-state index < -0.39 is 11.7 Å². The van der Waals surface area contributed by atoms with Crippen LogP contribution in [0.3, 0.4) is 0 Å². The molecule has 4 nitrogen and oxygen atoms in total. The van der Waals surface area contributed by atoms with Gasteiger partial charge in [0.2, 0.25) is 0 Å². The average molecular weight is 348 g/mol. The van der Waals surface area contributed by atoms with Gasteiger partial charge in [-0.2, -0.15) is 0 Å². The molecule has 0 fully saturated rings. The second kappa shape index (κ2) is 5.21. The molecular weight excluding hydrogens is 337 g/mol. The van der Waals surface area contributed by atoms with Gasteiger partial charge in [-0.15, -0.1) is 0 Å². The zero-order chi connectivity index (χ0) is 15.0. The van der Waals surface area contributed by atoms with E-state index in [0.29, 0.717) is 21.1 Å². The van der Waals surface area contributed by atoms with Gasteiger partial charge in [-0.25, -0.2) is 4.39 Å². The number of H-pyrrole nitrogens is 1. The molecule has 3 aromatic rings. The minimum absolute atomic E-state index is 0.112. The first-order valence-electron chi connectivity index (χ1n) is 6.18. The molecule has 0 radical (unpaired) electrons. The molecular formula is C15H11BrFN3O. The second-order valence-electron chi connectivity index (χ2n) is 4.56. The van der Waals surface area contributed by atoms with Gasteiger partial charge >= 0.3 is 0 Å². The largest absolute Gasteiger partial charge is 0.399 e. The van der Waals surface area contributed by atoms with Gasteiger partial charge in [0.1, 0.15) is 5.82 Å². The molecule has 1 amide bonds. The van der Waals surface area contributed by atoms with Crippen LogP contribution < -0.4 is 11.1 Å². The summed E-state index contributed by atoms with van der Waals surface area (Å²) in [5.74, 6) is -0.908. The van der Waals surface area contributed by atoms with Crippen LogP contribution >= 0.6 is 15.9 Å². The number of carbonyl (C=O) groups excluding carboxylic acids is 1. The van der Waals surface area contributed by atoms with Crippen LogP contribution in [0.1, 0.15) is 10.4 Å². The van der Waals surface area contributed by atoms with E-state index >= 15 is 0 Å². The number of aromatic amines is 1. The van der Waals surface area contributed by atoms with E-state index in [1.165, 1.54) is 6.07 Å². The molecule has 1 aromatic heterocycles. The molecule has 0 atom stereocenters. The van der Waals surface area contributed by atoms with Crippen molar-refractivity contribution in [2.75, 3.05) is 11.1 Å². The van der Waals surface area contributed by atoms with E-state index in [-0.39, 0.29) is 5.69 Å². The number of nitrogens with one attached hydrogen (secondary N) is 2. The Labute approximate surface area is 128 Å². The van der Waals surface area contributed by atoms with Crippen LogP contribution in [0.25, 0.3) is 10.9 Å². The molecule has 0 aliphatic heterocycles. The number of hydrogen-bond acceptors (Lipinski definition) is 2. The summed E-state index contributed by atoms with van der Waals surface area (Å²) in [5, 5.41) is 3.27. The highest BCUT2D eigenvalue weighted by Crippen LogP contribution is 2.27. The summed E-state index contributed by atoms with van der Waals surface area (Å²) in [6.45, 7) is 0. The number of anilines is 2. The Morgan fingerprint density at radius 2 is 2.10 bits per heavy atom. The predicted octanol–water partition coefficient (Wildman–Crippen LogP) is 3.90. The first kappa shape index (κ1) is 13.6. The van der Waals surface area contributed by atoms with Crippen LogP contribution in [0.5, 0.6) is 0 Å². The first-order chi connectivity index (χ1) is 10.1. The van der Waals surface area contributed by atoms with Crippen molar-refractivity contribution in [1.29, 1.82) is 0 Å². The summed E-state index contributed by atoms with van der Waals surface area (Å²) >= 11 is 3.22. The SMILES string of the molecule is Nc1ccc2[nH]cc(C(=O)Nc3c(F)cccc3Br)c2c1. The standard InChI is InChI=1S/C15H11BrFN3O/c16-11-2-1-3-12(17)14(11)20-15(21)10-7-19-13-5-4-8(18)6-9(10)13/h1-7,19H,18H2,(H,20,21). The Kier molecular flexibility index (Phi) is 3.39. The average Bonchev–Trinajstić information content (AvgIpc) is 2.86. The maximum absolute atomic E-state index is 13.8. The summed E-state index contributed by atoms with van der Waals surface area (Å²) in [5.41, 5.74) is 7.61. The van der Waals surface area contributed by atoms with E-state index in [1.807, 2.05) is 0 Å². The third-order valence-electron chi connectivity index (χ3n) is 3.15. The Morgan fingerprint density at radius 3 is 2.86 bits per heavy atom. The van der Waals surface area contributed by atoms with Crippen molar-refractivity contribution in [3.8, 4) is 0 Å². The highest BCUT2D eigenvalue weighted by atomic mass is 79.9. The number of nitrogens with two attached hydrogens (primary N) is 1. The molecule has 0 saturated heterocycles. The Balaban J connectivity index is 2.00. The number of carbonyl (C=O) groups is 1. The lowest BCUT2D eigenvalue weighted by molar-refractivity contribution is 0.102. The highest BCUT2D eigenvalue weighted by Gasteiger charge is 2.15. The molecule has 106 valence electrons. The van der Waals surface area contributed by atoms with E-state index in [9.17, 15) is 9.18 Å². The number of halogens is 2. The van der Waals surface area contributed by atoms with Gasteiger partial charge in [0.05, 0.1) is 11.3 Å². The fraction of sp³-hybridized carbons (Fsp3) is 0. The number of nitrogen functional groups attached to an aromatic ring is 1. The van der Waals surface area contributed by atoms with E-state index in [0.717, 1.165) is 5.52 Å². The van der Waals surface area contributed by atoms with Crippen molar-refractivity contribution in [2.24, 2.45) is 0 Å². The minimum atomic E-state index is -0.503. The number of benzene rings is 2.